The van der Waals surface area contributed by atoms with E-state index in [4.69, 9.17) is 0 Å². The van der Waals surface area contributed by atoms with E-state index in [0.29, 0.717) is 0 Å². The van der Waals surface area contributed by atoms with Gasteiger partial charge in [0.15, 0.2) is 6.35 Å². The molecule has 0 heterocycles. The Morgan fingerprint density at radius 3 is 2.56 bits per heavy atom. The molecule has 0 aliphatic carbocycles. The van der Waals surface area contributed by atoms with Gasteiger partial charge in [-0.15, -0.1) is 0 Å². The van der Waals surface area contributed by atoms with Crippen molar-refractivity contribution in [3.8, 4) is 0 Å². The van der Waals surface area contributed by atoms with Gasteiger partial charge >= 0.3 is 7.68 Å². The average molecular weight is 156 g/mol. The molecule has 0 saturated heterocycles. The third-order valence-electron chi connectivity index (χ3n) is 0.605. The smallest absolute Gasteiger partial charge is 0.372 e. The molecule has 0 aromatic heterocycles. The van der Waals surface area contributed by atoms with E-state index in [9.17, 15) is 8.76 Å². The number of halogens is 1. The van der Waals surface area contributed by atoms with Crippen LogP contribution in [-0.4, -0.2) is 20.1 Å². The average Bonchev–Trinajstić information content (AvgIpc) is 1.64. The summed E-state index contributed by atoms with van der Waals surface area (Å²) >= 11 is 0. The van der Waals surface area contributed by atoms with Crippen LogP contribution in [0, 0.1) is 0 Å². The molecule has 5 heteroatoms. The maximum absolute atomic E-state index is 12.3. The fourth-order valence-corrected chi connectivity index (χ4v) is 1.15. The van der Waals surface area contributed by atoms with Crippen molar-refractivity contribution < 1.29 is 18.0 Å². The topological polar surface area (TPSA) is 35.5 Å². The van der Waals surface area contributed by atoms with Gasteiger partial charge < -0.3 is 9.26 Å². The summed E-state index contributed by atoms with van der Waals surface area (Å²) in [5.74, 6) is 0. The molecule has 0 amide bonds. The zero-order chi connectivity index (χ0) is 7.33. The summed E-state index contributed by atoms with van der Waals surface area (Å²) in [5, 5.41) is 0. The molecule has 56 valence electrons. The van der Waals surface area contributed by atoms with Gasteiger partial charge in [-0.2, -0.15) is 4.20 Å². The Morgan fingerprint density at radius 2 is 2.22 bits per heavy atom. The molecule has 0 fully saturated rings. The van der Waals surface area contributed by atoms with E-state index in [1.165, 1.54) is 7.11 Å². The largest absolute Gasteiger partial charge is 0.392 e. The van der Waals surface area contributed by atoms with Gasteiger partial charge in [0.1, 0.15) is 0 Å². The first-order chi connectivity index (χ1) is 4.12. The highest BCUT2D eigenvalue weighted by molar-refractivity contribution is 7.53. The summed E-state index contributed by atoms with van der Waals surface area (Å²) in [5.41, 5.74) is 0. The van der Waals surface area contributed by atoms with Gasteiger partial charge in [-0.1, -0.05) is 0 Å². The van der Waals surface area contributed by atoms with Crippen LogP contribution in [0.3, 0.4) is 0 Å². The zero-order valence-corrected chi connectivity index (χ0v) is 6.36. The maximum Gasteiger partial charge on any atom is 0.392 e. The fraction of sp³-hybridized carbons (Fsp3) is 1.00. The minimum atomic E-state index is -3.91. The summed E-state index contributed by atoms with van der Waals surface area (Å²) in [7, 11) is -2.65. The van der Waals surface area contributed by atoms with Gasteiger partial charge in [0, 0.05) is 7.11 Å². The van der Waals surface area contributed by atoms with Crippen LogP contribution in [0.15, 0.2) is 0 Å². The van der Waals surface area contributed by atoms with Crippen molar-refractivity contribution in [3.63, 3.8) is 0 Å². The molecule has 0 spiro atoms. The Kier molecular flexibility index (Phi) is 4.02. The quantitative estimate of drug-likeness (QED) is 0.582. The molecule has 1 atom stereocenters. The molecule has 3 nitrogen and oxygen atoms in total. The molecule has 0 aliphatic rings. The number of methoxy groups -OCH3 is 1. The highest BCUT2D eigenvalue weighted by Gasteiger charge is 2.19. The molecule has 0 aliphatic heterocycles. The van der Waals surface area contributed by atoms with Crippen molar-refractivity contribution in [1.29, 1.82) is 0 Å². The SMILES string of the molecule is CCOP(=O)(F)COC. The normalized spacial score (nSPS) is 17.2. The standard InChI is InChI=1S/C4H10FO3P/c1-3-8-9(5,6)4-7-2/h3-4H2,1-2H3. The van der Waals surface area contributed by atoms with E-state index < -0.39 is 14.0 Å². The van der Waals surface area contributed by atoms with Crippen molar-refractivity contribution in [2.75, 3.05) is 20.1 Å². The van der Waals surface area contributed by atoms with Gasteiger partial charge in [-0.05, 0) is 6.92 Å². The van der Waals surface area contributed by atoms with Crippen molar-refractivity contribution >= 4 is 7.68 Å². The van der Waals surface area contributed by atoms with E-state index in [-0.39, 0.29) is 6.61 Å². The summed E-state index contributed by atoms with van der Waals surface area (Å²) < 4.78 is 31.2. The molecule has 1 unspecified atom stereocenters. The third-order valence-corrected chi connectivity index (χ3v) is 1.82. The predicted molar refractivity (Wildman–Crippen MR) is 32.2 cm³/mol. The first kappa shape index (κ1) is 9.08. The lowest BCUT2D eigenvalue weighted by atomic mass is 10.9. The molecule has 0 bridgehead atoms. The third kappa shape index (κ3) is 4.58. The summed E-state index contributed by atoms with van der Waals surface area (Å²) in [4.78, 5) is 0. The van der Waals surface area contributed by atoms with Gasteiger partial charge in [0.2, 0.25) is 0 Å². The van der Waals surface area contributed by atoms with Gasteiger partial charge in [-0.3, -0.25) is 4.57 Å². The van der Waals surface area contributed by atoms with Crippen molar-refractivity contribution in [3.05, 3.63) is 0 Å². The molecule has 0 rings (SSSR count). The van der Waals surface area contributed by atoms with Crippen LogP contribution in [0.1, 0.15) is 6.92 Å². The fourth-order valence-electron chi connectivity index (χ4n) is 0.384. The molecular weight excluding hydrogens is 146 g/mol. The van der Waals surface area contributed by atoms with Crippen LogP contribution >= 0.6 is 7.68 Å². The Hall–Kier alpha value is 0.0800. The minimum absolute atomic E-state index is 0.108. The second-order valence-corrected chi connectivity index (χ2v) is 3.12. The van der Waals surface area contributed by atoms with Crippen LogP contribution in [-0.2, 0) is 13.8 Å². The lowest BCUT2D eigenvalue weighted by molar-refractivity contribution is 0.208. The molecule has 0 aromatic carbocycles. The van der Waals surface area contributed by atoms with Gasteiger partial charge in [0.05, 0.1) is 6.61 Å². The van der Waals surface area contributed by atoms with Crippen molar-refractivity contribution in [1.82, 2.24) is 0 Å². The van der Waals surface area contributed by atoms with Gasteiger partial charge in [0.25, 0.3) is 0 Å². The summed E-state index contributed by atoms with van der Waals surface area (Å²) in [6.07, 6.45) is -0.458. The van der Waals surface area contributed by atoms with E-state index in [1.807, 2.05) is 0 Å². The van der Waals surface area contributed by atoms with E-state index in [2.05, 4.69) is 9.26 Å². The maximum atomic E-state index is 12.3. The van der Waals surface area contributed by atoms with Crippen molar-refractivity contribution in [2.24, 2.45) is 0 Å². The lowest BCUT2D eigenvalue weighted by Crippen LogP contribution is -1.91. The van der Waals surface area contributed by atoms with Crippen LogP contribution in [0.4, 0.5) is 4.20 Å². The highest BCUT2D eigenvalue weighted by Crippen LogP contribution is 2.47. The van der Waals surface area contributed by atoms with Crippen LogP contribution < -0.4 is 0 Å². The second-order valence-electron chi connectivity index (χ2n) is 1.43. The van der Waals surface area contributed by atoms with Crippen LogP contribution in [0.25, 0.3) is 0 Å². The minimum Gasteiger partial charge on any atom is -0.372 e. The molecule has 0 saturated carbocycles. The molecule has 9 heavy (non-hydrogen) atoms. The molecule has 0 N–H and O–H groups in total. The molecule has 0 aromatic rings. The molecule has 0 radical (unpaired) electrons. The van der Waals surface area contributed by atoms with Crippen LogP contribution in [0.2, 0.25) is 0 Å². The van der Waals surface area contributed by atoms with Crippen LogP contribution in [0.5, 0.6) is 0 Å². The highest BCUT2D eigenvalue weighted by atomic mass is 31.2. The number of rotatable bonds is 4. The van der Waals surface area contributed by atoms with E-state index >= 15 is 0 Å². The zero-order valence-electron chi connectivity index (χ0n) is 5.46. The number of ether oxygens (including phenoxy) is 1. The summed E-state index contributed by atoms with van der Waals surface area (Å²) in [6.45, 7) is 1.68. The summed E-state index contributed by atoms with van der Waals surface area (Å²) in [6, 6.07) is 0. The molecular formula is C4H10FO3P. The van der Waals surface area contributed by atoms with E-state index in [0.717, 1.165) is 0 Å². The Morgan fingerprint density at radius 1 is 1.67 bits per heavy atom. The monoisotopic (exact) mass is 156 g/mol. The second kappa shape index (κ2) is 3.99. The lowest BCUT2D eigenvalue weighted by Gasteiger charge is -2.04. The van der Waals surface area contributed by atoms with E-state index in [1.54, 1.807) is 6.92 Å². The number of hydrogen-bond acceptors (Lipinski definition) is 3. The first-order valence-corrected chi connectivity index (χ1v) is 4.24. The van der Waals surface area contributed by atoms with Crippen molar-refractivity contribution in [2.45, 2.75) is 6.92 Å². The van der Waals surface area contributed by atoms with Gasteiger partial charge in [-0.25, -0.2) is 0 Å². The Bertz CT molecular complexity index is 106. The Labute approximate surface area is 53.7 Å². The first-order valence-electron chi connectivity index (χ1n) is 2.54. The number of hydrogen-bond donors (Lipinski definition) is 0. The predicted octanol–water partition coefficient (Wildman–Crippen LogP) is 1.79. The Balaban J connectivity index is 3.58.